The van der Waals surface area contributed by atoms with E-state index >= 15 is 0 Å². The third-order valence-corrected chi connectivity index (χ3v) is 1.04. The summed E-state index contributed by atoms with van der Waals surface area (Å²) in [5.74, 6) is 0. The molecule has 0 amide bonds. The Labute approximate surface area is 58.9 Å². The molecule has 0 aromatic heterocycles. The third kappa shape index (κ3) is 2.97. The summed E-state index contributed by atoms with van der Waals surface area (Å²) < 4.78 is 0. The van der Waals surface area contributed by atoms with Gasteiger partial charge in [0.15, 0.2) is 0 Å². The van der Waals surface area contributed by atoms with Crippen molar-refractivity contribution in [2.24, 2.45) is 0 Å². The Morgan fingerprint density at radius 1 is 1.00 bits per heavy atom. The minimum Gasteiger partial charge on any atom is -0.269 e. The van der Waals surface area contributed by atoms with E-state index in [-0.39, 0.29) is 9.41 Å². The van der Waals surface area contributed by atoms with Gasteiger partial charge in [0.25, 0.3) is 0 Å². The van der Waals surface area contributed by atoms with Gasteiger partial charge in [0.1, 0.15) is 0 Å². The SMILES string of the molecule is C=Cc1ccccc1.F.F. The average molecular weight is 144 g/mol. The highest BCUT2D eigenvalue weighted by atomic mass is 19.0. The van der Waals surface area contributed by atoms with Crippen molar-refractivity contribution in [3.05, 3.63) is 42.5 Å². The smallest absolute Gasteiger partial charge is 0.0263 e. The van der Waals surface area contributed by atoms with Crippen LogP contribution in [0.4, 0.5) is 9.41 Å². The highest BCUT2D eigenvalue weighted by Crippen LogP contribution is 1.97. The standard InChI is InChI=1S/C8H8.2FH/c1-2-8-6-4-3-5-7-8;;/h2-7H,1H2;2*1H. The molecule has 0 saturated heterocycles. The van der Waals surface area contributed by atoms with Gasteiger partial charge in [-0.25, -0.2) is 0 Å². The molecule has 0 radical (unpaired) electrons. The van der Waals surface area contributed by atoms with Crippen LogP contribution in [0.5, 0.6) is 0 Å². The summed E-state index contributed by atoms with van der Waals surface area (Å²) in [6, 6.07) is 10.0. The molecule has 0 unspecified atom stereocenters. The maximum Gasteiger partial charge on any atom is -0.0263 e. The van der Waals surface area contributed by atoms with Gasteiger partial charge in [-0.15, -0.1) is 0 Å². The second kappa shape index (κ2) is 5.95. The van der Waals surface area contributed by atoms with E-state index in [0.29, 0.717) is 0 Å². The maximum atomic E-state index is 3.63. The van der Waals surface area contributed by atoms with Crippen molar-refractivity contribution in [2.45, 2.75) is 0 Å². The fourth-order valence-electron chi connectivity index (χ4n) is 0.589. The zero-order valence-corrected chi connectivity index (χ0v) is 5.49. The van der Waals surface area contributed by atoms with Gasteiger partial charge in [-0.1, -0.05) is 43.0 Å². The van der Waals surface area contributed by atoms with Crippen LogP contribution in [0.1, 0.15) is 5.56 Å². The first kappa shape index (κ1) is 11.6. The average Bonchev–Trinajstić information content (AvgIpc) is 1.90. The molecule has 0 aliphatic rings. The summed E-state index contributed by atoms with van der Waals surface area (Å²) in [4.78, 5) is 0. The number of rotatable bonds is 1. The van der Waals surface area contributed by atoms with Gasteiger partial charge in [0, 0.05) is 0 Å². The van der Waals surface area contributed by atoms with Crippen molar-refractivity contribution in [3.63, 3.8) is 0 Å². The van der Waals surface area contributed by atoms with Crippen LogP contribution in [-0.4, -0.2) is 0 Å². The topological polar surface area (TPSA) is 0 Å². The van der Waals surface area contributed by atoms with E-state index in [1.54, 1.807) is 0 Å². The van der Waals surface area contributed by atoms with Crippen LogP contribution in [0.15, 0.2) is 36.9 Å². The molecule has 0 aliphatic heterocycles. The normalized spacial score (nSPS) is 6.80. The number of hydrogen-bond donors (Lipinski definition) is 0. The summed E-state index contributed by atoms with van der Waals surface area (Å²) >= 11 is 0. The minimum atomic E-state index is 0. The van der Waals surface area contributed by atoms with Gasteiger partial charge < -0.3 is 0 Å². The zero-order chi connectivity index (χ0) is 5.82. The van der Waals surface area contributed by atoms with Gasteiger partial charge in [0.05, 0.1) is 0 Å². The van der Waals surface area contributed by atoms with E-state index < -0.39 is 0 Å². The van der Waals surface area contributed by atoms with Gasteiger partial charge in [0.2, 0.25) is 0 Å². The Hall–Kier alpha value is -1.18. The monoisotopic (exact) mass is 144 g/mol. The summed E-state index contributed by atoms with van der Waals surface area (Å²) in [6.45, 7) is 3.63. The Kier molecular flexibility index (Phi) is 6.90. The lowest BCUT2D eigenvalue weighted by Gasteiger charge is -1.85. The predicted molar refractivity (Wildman–Crippen MR) is 41.5 cm³/mol. The summed E-state index contributed by atoms with van der Waals surface area (Å²) in [6.07, 6.45) is 1.83. The van der Waals surface area contributed by atoms with Crippen molar-refractivity contribution in [3.8, 4) is 0 Å². The van der Waals surface area contributed by atoms with E-state index in [2.05, 4.69) is 6.58 Å². The van der Waals surface area contributed by atoms with Crippen LogP contribution in [0.25, 0.3) is 6.08 Å². The molecule has 0 heterocycles. The molecule has 56 valence electrons. The van der Waals surface area contributed by atoms with Gasteiger partial charge in [-0.2, -0.15) is 0 Å². The molecule has 1 aromatic carbocycles. The zero-order valence-electron chi connectivity index (χ0n) is 5.49. The van der Waals surface area contributed by atoms with Crippen molar-refractivity contribution in [2.75, 3.05) is 0 Å². The molecule has 0 atom stereocenters. The lowest BCUT2D eigenvalue weighted by molar-refractivity contribution is 1.11. The first-order valence-corrected chi connectivity index (χ1v) is 2.61. The van der Waals surface area contributed by atoms with Gasteiger partial charge in [-0.3, -0.25) is 9.41 Å². The van der Waals surface area contributed by atoms with Crippen LogP contribution in [0, 0.1) is 0 Å². The Morgan fingerprint density at radius 3 is 1.80 bits per heavy atom. The molecule has 0 fully saturated rings. The van der Waals surface area contributed by atoms with Crippen LogP contribution >= 0.6 is 0 Å². The second-order valence-electron chi connectivity index (χ2n) is 1.61. The van der Waals surface area contributed by atoms with Crippen molar-refractivity contribution in [1.29, 1.82) is 0 Å². The first-order valence-electron chi connectivity index (χ1n) is 2.61. The molecule has 1 aromatic rings. The van der Waals surface area contributed by atoms with Crippen LogP contribution in [0.3, 0.4) is 0 Å². The fraction of sp³-hybridized carbons (Fsp3) is 0. The molecule has 0 nitrogen and oxygen atoms in total. The second-order valence-corrected chi connectivity index (χ2v) is 1.61. The maximum absolute atomic E-state index is 3.63. The lowest BCUT2D eigenvalue weighted by Crippen LogP contribution is -1.63. The fourth-order valence-corrected chi connectivity index (χ4v) is 0.589. The highest BCUT2D eigenvalue weighted by molar-refractivity contribution is 5.45. The van der Waals surface area contributed by atoms with E-state index in [0.717, 1.165) is 0 Å². The van der Waals surface area contributed by atoms with E-state index in [1.807, 2.05) is 36.4 Å². The number of halogens is 2. The quantitative estimate of drug-likeness (QED) is 0.568. The molecule has 2 heteroatoms. The van der Waals surface area contributed by atoms with Gasteiger partial charge in [-0.05, 0) is 5.56 Å². The molecule has 0 N–H and O–H groups in total. The number of benzene rings is 1. The first-order chi connectivity index (χ1) is 3.93. The van der Waals surface area contributed by atoms with Crippen LogP contribution < -0.4 is 0 Å². The Morgan fingerprint density at radius 2 is 1.50 bits per heavy atom. The Balaban J connectivity index is 0. The van der Waals surface area contributed by atoms with Gasteiger partial charge >= 0.3 is 0 Å². The molecule has 0 spiro atoms. The highest BCUT2D eigenvalue weighted by Gasteiger charge is 1.75. The molecule has 0 aliphatic carbocycles. The summed E-state index contributed by atoms with van der Waals surface area (Å²) in [5.41, 5.74) is 1.17. The summed E-state index contributed by atoms with van der Waals surface area (Å²) in [7, 11) is 0. The lowest BCUT2D eigenvalue weighted by atomic mass is 10.2. The largest absolute Gasteiger partial charge is 0.269 e. The van der Waals surface area contributed by atoms with Crippen molar-refractivity contribution in [1.82, 2.24) is 0 Å². The molecule has 10 heavy (non-hydrogen) atoms. The van der Waals surface area contributed by atoms with E-state index in [1.165, 1.54) is 5.56 Å². The molecule has 0 saturated carbocycles. The Bertz CT molecular complexity index is 170. The molecular weight excluding hydrogens is 134 g/mol. The van der Waals surface area contributed by atoms with Crippen molar-refractivity contribution < 1.29 is 9.41 Å². The van der Waals surface area contributed by atoms with Crippen LogP contribution in [-0.2, 0) is 0 Å². The molecule has 0 bridgehead atoms. The van der Waals surface area contributed by atoms with Crippen molar-refractivity contribution >= 4 is 6.08 Å². The number of hydrogen-bond acceptors (Lipinski definition) is 0. The molecular formula is C8H10F2. The van der Waals surface area contributed by atoms with E-state index in [9.17, 15) is 0 Å². The molecule has 1 rings (SSSR count). The third-order valence-electron chi connectivity index (χ3n) is 1.04. The predicted octanol–water partition coefficient (Wildman–Crippen LogP) is 2.63. The summed E-state index contributed by atoms with van der Waals surface area (Å²) in [5, 5.41) is 0. The van der Waals surface area contributed by atoms with E-state index in [4.69, 9.17) is 0 Å². The van der Waals surface area contributed by atoms with Crippen LogP contribution in [0.2, 0.25) is 0 Å². The minimum absolute atomic E-state index is 0.